The highest BCUT2D eigenvalue weighted by atomic mass is 32.2. The average molecular weight is 519 g/mol. The normalized spacial score (nSPS) is 32.4. The van der Waals surface area contributed by atoms with E-state index in [1.54, 1.807) is 22.7 Å². The number of thioether (sulfide) groups is 1. The molecule has 36 heavy (non-hydrogen) atoms. The summed E-state index contributed by atoms with van der Waals surface area (Å²) in [6.45, 7) is 12.0. The van der Waals surface area contributed by atoms with Gasteiger partial charge in [-0.3, -0.25) is 14.4 Å². The van der Waals surface area contributed by atoms with Crippen molar-refractivity contribution in [2.24, 2.45) is 17.8 Å². The number of fused-ring (bicyclic) bond motifs is 1. The van der Waals surface area contributed by atoms with E-state index in [2.05, 4.69) is 27.0 Å². The number of rotatable bonds is 11. The van der Waals surface area contributed by atoms with Crippen LogP contribution in [0.4, 0.5) is 0 Å². The Morgan fingerprint density at radius 1 is 1.22 bits per heavy atom. The van der Waals surface area contributed by atoms with Gasteiger partial charge in [-0.25, -0.2) is 0 Å². The summed E-state index contributed by atoms with van der Waals surface area (Å²) in [6.07, 6.45) is 10.7. The lowest BCUT2D eigenvalue weighted by atomic mass is 9.71. The predicted molar refractivity (Wildman–Crippen MR) is 141 cm³/mol. The number of amides is 2. The van der Waals surface area contributed by atoms with Crippen LogP contribution >= 0.6 is 11.8 Å². The topological polar surface area (TPSA) is 87.1 Å². The van der Waals surface area contributed by atoms with Gasteiger partial charge in [-0.2, -0.15) is 0 Å². The van der Waals surface area contributed by atoms with E-state index in [9.17, 15) is 19.5 Å². The van der Waals surface area contributed by atoms with Gasteiger partial charge in [0.2, 0.25) is 11.8 Å². The number of esters is 1. The highest BCUT2D eigenvalue weighted by molar-refractivity contribution is 8.02. The molecule has 4 fully saturated rings. The zero-order valence-electron chi connectivity index (χ0n) is 21.8. The van der Waals surface area contributed by atoms with Crippen LogP contribution in [0.5, 0.6) is 0 Å². The van der Waals surface area contributed by atoms with Gasteiger partial charge in [-0.15, -0.1) is 18.3 Å². The van der Waals surface area contributed by atoms with Gasteiger partial charge in [-0.05, 0) is 38.0 Å². The smallest absolute Gasteiger partial charge is 0.311 e. The number of aliphatic hydroxyl groups excluding tert-OH is 1. The summed E-state index contributed by atoms with van der Waals surface area (Å²) in [4.78, 5) is 45.5. The molecule has 3 saturated heterocycles. The van der Waals surface area contributed by atoms with Crippen molar-refractivity contribution in [1.82, 2.24) is 9.80 Å². The van der Waals surface area contributed by atoms with Gasteiger partial charge in [0.05, 0.1) is 29.2 Å². The number of ether oxygens (including phenoxy) is 1. The summed E-state index contributed by atoms with van der Waals surface area (Å²) >= 11 is 1.65. The van der Waals surface area contributed by atoms with Crippen LogP contribution in [0.1, 0.15) is 65.2 Å². The maximum atomic E-state index is 14.5. The van der Waals surface area contributed by atoms with Crippen LogP contribution in [0, 0.1) is 17.8 Å². The van der Waals surface area contributed by atoms with Gasteiger partial charge in [0, 0.05) is 17.8 Å². The number of nitrogens with zero attached hydrogens (tertiary/aromatic N) is 2. The number of aliphatic hydroxyl groups is 1. The van der Waals surface area contributed by atoms with Crippen LogP contribution in [0.15, 0.2) is 25.3 Å². The van der Waals surface area contributed by atoms with Gasteiger partial charge in [0.15, 0.2) is 0 Å². The van der Waals surface area contributed by atoms with Crippen LogP contribution in [0.25, 0.3) is 0 Å². The first-order valence-corrected chi connectivity index (χ1v) is 14.5. The second-order valence-electron chi connectivity index (χ2n) is 11.3. The second kappa shape index (κ2) is 11.3. The van der Waals surface area contributed by atoms with Crippen molar-refractivity contribution in [3.05, 3.63) is 25.3 Å². The Kier molecular flexibility index (Phi) is 8.55. The minimum absolute atomic E-state index is 0.0334. The maximum absolute atomic E-state index is 14.5. The molecule has 2 bridgehead atoms. The SMILES string of the molecule is C=CCOC(=O)[C@@H]1[C@H]2C(=O)N([C@@H](CO)CC(C)C)C(C(=O)N(CC=C)C3CCCCC3)C23CC[C@H]1S3. The van der Waals surface area contributed by atoms with Gasteiger partial charge < -0.3 is 19.6 Å². The molecule has 8 heteroatoms. The molecule has 1 N–H and O–H groups in total. The van der Waals surface area contributed by atoms with E-state index in [0.29, 0.717) is 19.4 Å². The Morgan fingerprint density at radius 2 is 1.94 bits per heavy atom. The summed E-state index contributed by atoms with van der Waals surface area (Å²) in [5.74, 6) is -1.54. The highest BCUT2D eigenvalue weighted by Gasteiger charge is 2.74. The minimum atomic E-state index is -0.694. The fourth-order valence-electron chi connectivity index (χ4n) is 7.20. The lowest BCUT2D eigenvalue weighted by Crippen LogP contribution is -2.59. The largest absolute Gasteiger partial charge is 0.461 e. The van der Waals surface area contributed by atoms with Gasteiger partial charge in [0.25, 0.3) is 0 Å². The third-order valence-corrected chi connectivity index (χ3v) is 10.5. The number of likely N-dealkylation sites (tertiary alicyclic amines) is 1. The number of carbonyl (C=O) groups is 3. The standard InChI is InChI=1S/C28H42N2O5S/c1-5-14-29(19-10-8-7-9-11-19)26(33)24-28-13-12-21(36-28)22(27(34)35-15-6-2)23(28)25(32)30(24)20(17-31)16-18(3)4/h5-6,18-24,31H,1-2,7-17H2,3-4H3/t20-,21-,22+,23+,24?,28?/m1/s1. The van der Waals surface area contributed by atoms with E-state index >= 15 is 0 Å². The molecule has 0 aromatic heterocycles. The molecule has 6 atom stereocenters. The van der Waals surface area contributed by atoms with Crippen molar-refractivity contribution in [2.45, 2.75) is 93.3 Å². The van der Waals surface area contributed by atoms with Gasteiger partial charge >= 0.3 is 5.97 Å². The fourth-order valence-corrected chi connectivity index (χ4v) is 9.38. The molecule has 1 saturated carbocycles. The third-order valence-electron chi connectivity index (χ3n) is 8.56. The molecule has 7 nitrogen and oxygen atoms in total. The molecule has 0 radical (unpaired) electrons. The van der Waals surface area contributed by atoms with Crippen molar-refractivity contribution >= 4 is 29.5 Å². The molecular formula is C28H42N2O5S. The van der Waals surface area contributed by atoms with Crippen LogP contribution in [-0.4, -0.2) is 80.6 Å². The maximum Gasteiger partial charge on any atom is 0.311 e. The first kappa shape index (κ1) is 27.2. The van der Waals surface area contributed by atoms with Crippen LogP contribution in [0.2, 0.25) is 0 Å². The molecule has 200 valence electrons. The van der Waals surface area contributed by atoms with E-state index in [1.807, 2.05) is 4.90 Å². The lowest BCUT2D eigenvalue weighted by molar-refractivity contribution is -0.153. The first-order valence-electron chi connectivity index (χ1n) is 13.6. The van der Waals surface area contributed by atoms with E-state index < -0.39 is 28.7 Å². The van der Waals surface area contributed by atoms with Gasteiger partial charge in [-0.1, -0.05) is 51.8 Å². The van der Waals surface area contributed by atoms with Crippen molar-refractivity contribution in [3.63, 3.8) is 0 Å². The Labute approximate surface area is 219 Å². The second-order valence-corrected chi connectivity index (χ2v) is 12.9. The Morgan fingerprint density at radius 3 is 2.56 bits per heavy atom. The zero-order valence-corrected chi connectivity index (χ0v) is 22.6. The summed E-state index contributed by atoms with van der Waals surface area (Å²) in [6, 6.07) is -1.03. The van der Waals surface area contributed by atoms with Crippen LogP contribution in [-0.2, 0) is 19.1 Å². The van der Waals surface area contributed by atoms with E-state index in [1.165, 1.54) is 12.5 Å². The third kappa shape index (κ3) is 4.64. The minimum Gasteiger partial charge on any atom is -0.461 e. The fraction of sp³-hybridized carbons (Fsp3) is 0.750. The monoisotopic (exact) mass is 518 g/mol. The van der Waals surface area contributed by atoms with Gasteiger partial charge in [0.1, 0.15) is 12.6 Å². The molecular weight excluding hydrogens is 476 g/mol. The first-order chi connectivity index (χ1) is 17.3. The Balaban J connectivity index is 1.75. The van der Waals surface area contributed by atoms with Crippen LogP contribution in [0.3, 0.4) is 0 Å². The number of carbonyl (C=O) groups excluding carboxylic acids is 3. The lowest BCUT2D eigenvalue weighted by Gasteiger charge is -2.42. The zero-order chi connectivity index (χ0) is 26.0. The summed E-state index contributed by atoms with van der Waals surface area (Å²) < 4.78 is 4.77. The molecule has 4 aliphatic rings. The number of hydrogen-bond donors (Lipinski definition) is 1. The Bertz CT molecular complexity index is 872. The van der Waals surface area contributed by atoms with E-state index in [-0.39, 0.29) is 48.2 Å². The van der Waals surface area contributed by atoms with Crippen molar-refractivity contribution in [1.29, 1.82) is 0 Å². The summed E-state index contributed by atoms with van der Waals surface area (Å²) in [5.41, 5.74) is 0. The predicted octanol–water partition coefficient (Wildman–Crippen LogP) is 3.56. The molecule has 4 rings (SSSR count). The molecule has 1 aliphatic carbocycles. The molecule has 0 aromatic carbocycles. The van der Waals surface area contributed by atoms with Crippen LogP contribution < -0.4 is 0 Å². The van der Waals surface area contributed by atoms with Crippen molar-refractivity contribution in [2.75, 3.05) is 19.8 Å². The molecule has 3 heterocycles. The summed E-state index contributed by atoms with van der Waals surface area (Å²) in [7, 11) is 0. The molecule has 2 amide bonds. The molecule has 3 aliphatic heterocycles. The highest BCUT2D eigenvalue weighted by Crippen LogP contribution is 2.67. The molecule has 0 aromatic rings. The van der Waals surface area contributed by atoms with Crippen molar-refractivity contribution in [3.8, 4) is 0 Å². The van der Waals surface area contributed by atoms with E-state index in [0.717, 1.165) is 32.1 Å². The van der Waals surface area contributed by atoms with Crippen molar-refractivity contribution < 1.29 is 24.2 Å². The average Bonchev–Trinajstić information content (AvgIpc) is 3.51. The quantitative estimate of drug-likeness (QED) is 0.332. The number of hydrogen-bond acceptors (Lipinski definition) is 6. The van der Waals surface area contributed by atoms with E-state index in [4.69, 9.17) is 4.74 Å². The Hall–Kier alpha value is -1.80. The summed E-state index contributed by atoms with van der Waals surface area (Å²) in [5, 5.41) is 10.4. The molecule has 2 unspecified atom stereocenters. The molecule has 1 spiro atoms.